The standard InChI is InChI=1S/C9H17N3O/c1-3-8(4-2)11-7-5-6-9(10)12-13/h1,8,11,13H,4-7H2,2H3,(H2,10,12). The zero-order chi connectivity index (χ0) is 10.1. The summed E-state index contributed by atoms with van der Waals surface area (Å²) in [5.41, 5.74) is 5.29. The molecule has 74 valence electrons. The fourth-order valence-corrected chi connectivity index (χ4v) is 0.917. The number of oxime groups is 1. The van der Waals surface area contributed by atoms with Gasteiger partial charge in [0.15, 0.2) is 0 Å². The molecule has 4 heteroatoms. The summed E-state index contributed by atoms with van der Waals surface area (Å²) in [7, 11) is 0. The molecule has 0 rings (SSSR count). The Morgan fingerprint density at radius 2 is 2.46 bits per heavy atom. The van der Waals surface area contributed by atoms with Crippen LogP contribution in [0.15, 0.2) is 5.16 Å². The van der Waals surface area contributed by atoms with Crippen LogP contribution in [0.25, 0.3) is 0 Å². The molecule has 0 aliphatic carbocycles. The van der Waals surface area contributed by atoms with Crippen molar-refractivity contribution in [1.82, 2.24) is 5.32 Å². The Morgan fingerprint density at radius 1 is 1.77 bits per heavy atom. The third kappa shape index (κ3) is 6.00. The van der Waals surface area contributed by atoms with E-state index in [9.17, 15) is 0 Å². The van der Waals surface area contributed by atoms with Gasteiger partial charge in [-0.2, -0.15) is 0 Å². The van der Waals surface area contributed by atoms with Gasteiger partial charge >= 0.3 is 0 Å². The van der Waals surface area contributed by atoms with Gasteiger partial charge in [0.1, 0.15) is 5.84 Å². The lowest BCUT2D eigenvalue weighted by Crippen LogP contribution is -2.28. The molecule has 4 nitrogen and oxygen atoms in total. The molecule has 0 aromatic carbocycles. The third-order valence-electron chi connectivity index (χ3n) is 1.74. The Hall–Kier alpha value is -1.21. The van der Waals surface area contributed by atoms with E-state index < -0.39 is 0 Å². The molecular weight excluding hydrogens is 166 g/mol. The fourth-order valence-electron chi connectivity index (χ4n) is 0.917. The molecule has 0 spiro atoms. The van der Waals surface area contributed by atoms with Gasteiger partial charge in [0.2, 0.25) is 0 Å². The molecular formula is C9H17N3O. The maximum Gasteiger partial charge on any atom is 0.139 e. The van der Waals surface area contributed by atoms with Crippen LogP contribution in [0.1, 0.15) is 26.2 Å². The molecule has 1 atom stereocenters. The minimum atomic E-state index is 0.132. The van der Waals surface area contributed by atoms with Crippen molar-refractivity contribution in [3.63, 3.8) is 0 Å². The smallest absolute Gasteiger partial charge is 0.139 e. The van der Waals surface area contributed by atoms with Crippen LogP contribution in [0.4, 0.5) is 0 Å². The lowest BCUT2D eigenvalue weighted by Gasteiger charge is -2.09. The van der Waals surface area contributed by atoms with E-state index in [2.05, 4.69) is 16.4 Å². The normalized spacial score (nSPS) is 13.7. The highest BCUT2D eigenvalue weighted by Gasteiger charge is 1.99. The Kier molecular flexibility index (Phi) is 6.75. The molecule has 0 aliphatic rings. The molecule has 0 amide bonds. The second-order valence-electron chi connectivity index (χ2n) is 2.78. The Bertz CT molecular complexity index is 196. The van der Waals surface area contributed by atoms with Crippen LogP contribution in [-0.2, 0) is 0 Å². The number of amidine groups is 1. The van der Waals surface area contributed by atoms with Gasteiger partial charge in [-0.3, -0.25) is 0 Å². The summed E-state index contributed by atoms with van der Waals surface area (Å²) in [4.78, 5) is 0. The minimum absolute atomic E-state index is 0.132. The largest absolute Gasteiger partial charge is 0.409 e. The molecule has 13 heavy (non-hydrogen) atoms. The molecule has 0 aliphatic heterocycles. The number of hydrogen-bond donors (Lipinski definition) is 3. The van der Waals surface area contributed by atoms with Gasteiger partial charge in [-0.15, -0.1) is 6.42 Å². The van der Waals surface area contributed by atoms with E-state index in [1.54, 1.807) is 0 Å². The summed E-state index contributed by atoms with van der Waals surface area (Å²) >= 11 is 0. The first-order valence-corrected chi connectivity index (χ1v) is 4.40. The van der Waals surface area contributed by atoms with Gasteiger partial charge < -0.3 is 16.3 Å². The SMILES string of the molecule is C#CC(CC)NCCCC(N)=NO. The molecule has 0 fully saturated rings. The quantitative estimate of drug-likeness (QED) is 0.140. The molecule has 0 bridgehead atoms. The summed E-state index contributed by atoms with van der Waals surface area (Å²) < 4.78 is 0. The number of nitrogens with two attached hydrogens (primary N) is 1. The number of hydrogen-bond acceptors (Lipinski definition) is 3. The molecule has 0 aromatic rings. The van der Waals surface area contributed by atoms with E-state index >= 15 is 0 Å². The summed E-state index contributed by atoms with van der Waals surface area (Å²) in [6.45, 7) is 2.82. The molecule has 0 saturated carbocycles. The average molecular weight is 183 g/mol. The highest BCUT2D eigenvalue weighted by atomic mass is 16.4. The van der Waals surface area contributed by atoms with Crippen molar-refractivity contribution in [3.8, 4) is 12.3 Å². The first-order chi connectivity index (χ1) is 6.24. The van der Waals surface area contributed by atoms with E-state index in [0.29, 0.717) is 6.42 Å². The number of rotatable bonds is 6. The monoisotopic (exact) mass is 183 g/mol. The second-order valence-corrected chi connectivity index (χ2v) is 2.78. The molecule has 0 radical (unpaired) electrons. The molecule has 0 saturated heterocycles. The zero-order valence-electron chi connectivity index (χ0n) is 7.95. The van der Waals surface area contributed by atoms with Crippen LogP contribution >= 0.6 is 0 Å². The highest BCUT2D eigenvalue weighted by Crippen LogP contribution is 1.91. The van der Waals surface area contributed by atoms with Crippen LogP contribution in [0.3, 0.4) is 0 Å². The van der Waals surface area contributed by atoms with Crippen LogP contribution in [-0.4, -0.2) is 23.6 Å². The average Bonchev–Trinajstić information content (AvgIpc) is 2.18. The van der Waals surface area contributed by atoms with Gasteiger partial charge in [-0.25, -0.2) is 0 Å². The first-order valence-electron chi connectivity index (χ1n) is 4.40. The van der Waals surface area contributed by atoms with Gasteiger partial charge in [-0.1, -0.05) is 18.0 Å². The van der Waals surface area contributed by atoms with Crippen LogP contribution in [0.2, 0.25) is 0 Å². The van der Waals surface area contributed by atoms with Gasteiger partial charge in [-0.05, 0) is 19.4 Å². The number of terminal acetylenes is 1. The predicted octanol–water partition coefficient (Wildman–Crippen LogP) is 0.514. The van der Waals surface area contributed by atoms with E-state index in [1.807, 2.05) is 6.92 Å². The lowest BCUT2D eigenvalue weighted by molar-refractivity contribution is 0.316. The van der Waals surface area contributed by atoms with Crippen molar-refractivity contribution in [2.24, 2.45) is 10.9 Å². The van der Waals surface area contributed by atoms with E-state index in [-0.39, 0.29) is 11.9 Å². The first kappa shape index (κ1) is 11.8. The van der Waals surface area contributed by atoms with Crippen LogP contribution in [0.5, 0.6) is 0 Å². The van der Waals surface area contributed by atoms with Gasteiger partial charge in [0.05, 0.1) is 6.04 Å². The minimum Gasteiger partial charge on any atom is -0.409 e. The van der Waals surface area contributed by atoms with E-state index in [1.165, 1.54) is 0 Å². The maximum absolute atomic E-state index is 8.25. The van der Waals surface area contributed by atoms with Crippen molar-refractivity contribution in [3.05, 3.63) is 0 Å². The highest BCUT2D eigenvalue weighted by molar-refractivity contribution is 5.79. The van der Waals surface area contributed by atoms with Crippen molar-refractivity contribution in [2.75, 3.05) is 6.54 Å². The van der Waals surface area contributed by atoms with E-state index in [4.69, 9.17) is 17.4 Å². The van der Waals surface area contributed by atoms with Gasteiger partial charge in [0, 0.05) is 6.42 Å². The van der Waals surface area contributed by atoms with E-state index in [0.717, 1.165) is 19.4 Å². The molecule has 1 unspecified atom stereocenters. The maximum atomic E-state index is 8.25. The summed E-state index contributed by atoms with van der Waals surface area (Å²) in [6.07, 6.45) is 7.58. The summed E-state index contributed by atoms with van der Waals surface area (Å²) in [6, 6.07) is 0.132. The Morgan fingerprint density at radius 3 is 2.92 bits per heavy atom. The number of nitrogens with zero attached hydrogens (tertiary/aromatic N) is 1. The number of nitrogens with one attached hydrogen (secondary N) is 1. The van der Waals surface area contributed by atoms with Crippen molar-refractivity contribution >= 4 is 5.84 Å². The predicted molar refractivity (Wildman–Crippen MR) is 53.6 cm³/mol. The van der Waals surface area contributed by atoms with Crippen molar-refractivity contribution in [2.45, 2.75) is 32.2 Å². The molecule has 0 aromatic heterocycles. The van der Waals surface area contributed by atoms with Crippen molar-refractivity contribution < 1.29 is 5.21 Å². The topological polar surface area (TPSA) is 70.6 Å². The lowest BCUT2D eigenvalue weighted by atomic mass is 10.2. The van der Waals surface area contributed by atoms with Crippen LogP contribution < -0.4 is 11.1 Å². The third-order valence-corrected chi connectivity index (χ3v) is 1.74. The molecule has 0 heterocycles. The Balaban J connectivity index is 3.41. The zero-order valence-corrected chi connectivity index (χ0v) is 7.95. The Labute approximate surface area is 79.2 Å². The van der Waals surface area contributed by atoms with Crippen LogP contribution in [0, 0.1) is 12.3 Å². The second kappa shape index (κ2) is 7.44. The fraction of sp³-hybridized carbons (Fsp3) is 0.667. The molecule has 4 N–H and O–H groups in total. The summed E-state index contributed by atoms with van der Waals surface area (Å²) in [5.74, 6) is 2.89. The van der Waals surface area contributed by atoms with Gasteiger partial charge in [0.25, 0.3) is 0 Å². The summed E-state index contributed by atoms with van der Waals surface area (Å²) in [5, 5.41) is 14.3. The van der Waals surface area contributed by atoms with Crippen molar-refractivity contribution in [1.29, 1.82) is 0 Å².